The molecule has 14 heavy (non-hydrogen) atoms. The summed E-state index contributed by atoms with van der Waals surface area (Å²) in [5.41, 5.74) is 5.68. The molecule has 0 spiro atoms. The number of sulfone groups is 1. The van der Waals surface area contributed by atoms with Crippen LogP contribution in [0.2, 0.25) is 0 Å². The van der Waals surface area contributed by atoms with Crippen LogP contribution in [0.25, 0.3) is 0 Å². The maximum absolute atomic E-state index is 11.3. The molecule has 0 atom stereocenters. The monoisotopic (exact) mass is 220 g/mol. The standard InChI is InChI=1S/C9H20N2O2S/c1-3-11(2)9(8-10)4-6-14(12,13)7-5-9/h3-8,10H2,1-2H3. The number of rotatable bonds is 3. The SMILES string of the molecule is CCN(C)C1(CN)CCS(=O)(=O)CC1. The van der Waals surface area contributed by atoms with Gasteiger partial charge < -0.3 is 5.73 Å². The van der Waals surface area contributed by atoms with E-state index in [9.17, 15) is 8.42 Å². The van der Waals surface area contributed by atoms with Gasteiger partial charge in [-0.25, -0.2) is 8.42 Å². The number of hydrogen-bond donors (Lipinski definition) is 1. The summed E-state index contributed by atoms with van der Waals surface area (Å²) in [6.07, 6.45) is 1.35. The van der Waals surface area contributed by atoms with E-state index in [0.29, 0.717) is 19.4 Å². The van der Waals surface area contributed by atoms with Crippen molar-refractivity contribution < 1.29 is 8.42 Å². The van der Waals surface area contributed by atoms with Crippen LogP contribution in [0.5, 0.6) is 0 Å². The van der Waals surface area contributed by atoms with Crippen molar-refractivity contribution in [1.29, 1.82) is 0 Å². The maximum atomic E-state index is 11.3. The molecule has 2 N–H and O–H groups in total. The van der Waals surface area contributed by atoms with Crippen molar-refractivity contribution in [2.24, 2.45) is 5.73 Å². The zero-order chi connectivity index (χ0) is 10.8. The van der Waals surface area contributed by atoms with Gasteiger partial charge in [-0.15, -0.1) is 0 Å². The lowest BCUT2D eigenvalue weighted by molar-refractivity contribution is 0.120. The van der Waals surface area contributed by atoms with Gasteiger partial charge in [0.05, 0.1) is 11.5 Å². The molecule has 0 saturated carbocycles. The summed E-state index contributed by atoms with van der Waals surface area (Å²) in [5.74, 6) is 0.572. The van der Waals surface area contributed by atoms with Crippen LogP contribution < -0.4 is 5.73 Å². The molecule has 1 heterocycles. The lowest BCUT2D eigenvalue weighted by atomic mass is 9.90. The van der Waals surface area contributed by atoms with Gasteiger partial charge in [-0.3, -0.25) is 4.90 Å². The van der Waals surface area contributed by atoms with E-state index >= 15 is 0 Å². The minimum atomic E-state index is -2.79. The Morgan fingerprint density at radius 3 is 2.21 bits per heavy atom. The highest BCUT2D eigenvalue weighted by atomic mass is 32.2. The summed E-state index contributed by atoms with van der Waals surface area (Å²) in [4.78, 5) is 2.18. The van der Waals surface area contributed by atoms with Gasteiger partial charge in [0.15, 0.2) is 0 Å². The normalized spacial score (nSPS) is 25.1. The fourth-order valence-corrected chi connectivity index (χ4v) is 3.58. The average Bonchev–Trinajstić information content (AvgIpc) is 2.18. The van der Waals surface area contributed by atoms with Gasteiger partial charge in [0.25, 0.3) is 0 Å². The minimum Gasteiger partial charge on any atom is -0.329 e. The van der Waals surface area contributed by atoms with E-state index in [-0.39, 0.29) is 17.0 Å². The van der Waals surface area contributed by atoms with E-state index in [2.05, 4.69) is 11.8 Å². The Morgan fingerprint density at radius 1 is 1.36 bits per heavy atom. The van der Waals surface area contributed by atoms with Gasteiger partial charge in [-0.2, -0.15) is 0 Å². The van der Waals surface area contributed by atoms with E-state index in [1.54, 1.807) is 0 Å². The van der Waals surface area contributed by atoms with Crippen LogP contribution in [0.15, 0.2) is 0 Å². The first kappa shape index (κ1) is 11.9. The van der Waals surface area contributed by atoms with Crippen LogP contribution in [-0.4, -0.2) is 50.5 Å². The number of likely N-dealkylation sites (N-methyl/N-ethyl adjacent to an activating group) is 1. The smallest absolute Gasteiger partial charge is 0.150 e. The highest BCUT2D eigenvalue weighted by molar-refractivity contribution is 7.91. The highest BCUT2D eigenvalue weighted by Crippen LogP contribution is 2.27. The third-order valence-electron chi connectivity index (χ3n) is 3.42. The van der Waals surface area contributed by atoms with Crippen molar-refractivity contribution >= 4 is 9.84 Å². The quantitative estimate of drug-likeness (QED) is 0.718. The van der Waals surface area contributed by atoms with Gasteiger partial charge in [-0.05, 0) is 26.4 Å². The number of nitrogens with zero attached hydrogens (tertiary/aromatic N) is 1. The molecule has 0 aromatic carbocycles. The Morgan fingerprint density at radius 2 is 1.86 bits per heavy atom. The Balaban J connectivity index is 2.75. The van der Waals surface area contributed by atoms with Gasteiger partial charge in [0, 0.05) is 12.1 Å². The van der Waals surface area contributed by atoms with Crippen molar-refractivity contribution in [2.75, 3.05) is 31.6 Å². The van der Waals surface area contributed by atoms with Crippen LogP contribution in [-0.2, 0) is 9.84 Å². The summed E-state index contributed by atoms with van der Waals surface area (Å²) in [5, 5.41) is 0. The van der Waals surface area contributed by atoms with Crippen LogP contribution in [0, 0.1) is 0 Å². The molecular weight excluding hydrogens is 200 g/mol. The predicted octanol–water partition coefficient (Wildman–Crippen LogP) is -0.156. The minimum absolute atomic E-state index is 0.0833. The lowest BCUT2D eigenvalue weighted by Gasteiger charge is -2.43. The Labute approximate surface area is 86.4 Å². The fourth-order valence-electron chi connectivity index (χ4n) is 2.00. The molecule has 4 nitrogen and oxygen atoms in total. The largest absolute Gasteiger partial charge is 0.329 e. The van der Waals surface area contributed by atoms with Crippen molar-refractivity contribution in [3.05, 3.63) is 0 Å². The van der Waals surface area contributed by atoms with Crippen LogP contribution in [0.3, 0.4) is 0 Å². The molecule has 1 aliphatic rings. The molecule has 0 aromatic heterocycles. The second kappa shape index (κ2) is 4.16. The van der Waals surface area contributed by atoms with E-state index < -0.39 is 9.84 Å². The zero-order valence-corrected chi connectivity index (χ0v) is 9.81. The Kier molecular flexibility index (Phi) is 3.55. The molecule has 0 unspecified atom stereocenters. The molecule has 1 aliphatic heterocycles. The Bertz CT molecular complexity index is 273. The van der Waals surface area contributed by atoms with Crippen LogP contribution in [0.4, 0.5) is 0 Å². The molecule has 1 fully saturated rings. The van der Waals surface area contributed by atoms with Gasteiger partial charge >= 0.3 is 0 Å². The molecule has 0 aliphatic carbocycles. The average molecular weight is 220 g/mol. The van der Waals surface area contributed by atoms with Crippen molar-refractivity contribution in [3.63, 3.8) is 0 Å². The van der Waals surface area contributed by atoms with Gasteiger partial charge in [-0.1, -0.05) is 6.92 Å². The van der Waals surface area contributed by atoms with Gasteiger partial charge in [0.1, 0.15) is 9.84 Å². The summed E-state index contributed by atoms with van der Waals surface area (Å²) >= 11 is 0. The molecular formula is C9H20N2O2S. The predicted molar refractivity (Wildman–Crippen MR) is 58.0 cm³/mol. The van der Waals surface area contributed by atoms with E-state index in [4.69, 9.17) is 5.73 Å². The van der Waals surface area contributed by atoms with Gasteiger partial charge in [0.2, 0.25) is 0 Å². The number of nitrogens with two attached hydrogens (primary N) is 1. The first-order valence-corrected chi connectivity index (χ1v) is 6.90. The first-order chi connectivity index (χ1) is 6.46. The molecule has 5 heteroatoms. The third kappa shape index (κ3) is 2.27. The molecule has 0 radical (unpaired) electrons. The summed E-state index contributed by atoms with van der Waals surface area (Å²) < 4.78 is 22.6. The van der Waals surface area contributed by atoms with Crippen molar-refractivity contribution in [1.82, 2.24) is 4.90 Å². The molecule has 0 bridgehead atoms. The van der Waals surface area contributed by atoms with Crippen LogP contribution in [0.1, 0.15) is 19.8 Å². The van der Waals surface area contributed by atoms with Crippen molar-refractivity contribution in [3.8, 4) is 0 Å². The second-order valence-electron chi connectivity index (χ2n) is 4.09. The summed E-state index contributed by atoms with van der Waals surface area (Å²) in [7, 11) is -0.769. The highest BCUT2D eigenvalue weighted by Gasteiger charge is 2.38. The topological polar surface area (TPSA) is 63.4 Å². The first-order valence-electron chi connectivity index (χ1n) is 5.07. The Hall–Kier alpha value is -0.130. The molecule has 1 saturated heterocycles. The molecule has 1 rings (SSSR count). The zero-order valence-electron chi connectivity index (χ0n) is 8.99. The number of hydrogen-bond acceptors (Lipinski definition) is 4. The molecule has 0 amide bonds. The molecule has 0 aromatic rings. The second-order valence-corrected chi connectivity index (χ2v) is 6.40. The lowest BCUT2D eigenvalue weighted by Crippen LogP contribution is -2.56. The fraction of sp³-hybridized carbons (Fsp3) is 1.00. The third-order valence-corrected chi connectivity index (χ3v) is 5.07. The van der Waals surface area contributed by atoms with E-state index in [1.165, 1.54) is 0 Å². The van der Waals surface area contributed by atoms with E-state index in [0.717, 1.165) is 6.54 Å². The van der Waals surface area contributed by atoms with Crippen LogP contribution >= 0.6 is 0 Å². The van der Waals surface area contributed by atoms with Crippen molar-refractivity contribution in [2.45, 2.75) is 25.3 Å². The maximum Gasteiger partial charge on any atom is 0.150 e. The summed E-state index contributed by atoms with van der Waals surface area (Å²) in [6.45, 7) is 3.53. The summed E-state index contributed by atoms with van der Waals surface area (Å²) in [6, 6.07) is 0. The molecule has 84 valence electrons. The van der Waals surface area contributed by atoms with E-state index in [1.807, 2.05) is 7.05 Å².